The number of hydrogen-bond donors (Lipinski definition) is 2. The van der Waals surface area contributed by atoms with Crippen LogP contribution in [-0.4, -0.2) is 25.0 Å². The van der Waals surface area contributed by atoms with Crippen LogP contribution in [0.25, 0.3) is 0 Å². The second-order valence-corrected chi connectivity index (χ2v) is 4.42. The van der Waals surface area contributed by atoms with E-state index in [1.165, 1.54) is 13.0 Å². The molecule has 0 atom stereocenters. The van der Waals surface area contributed by atoms with Crippen molar-refractivity contribution in [3.8, 4) is 0 Å². The van der Waals surface area contributed by atoms with Crippen molar-refractivity contribution >= 4 is 5.91 Å². The standard InChI is InChI=1S/C13H18F2N2O/c1-8(2)16-6-7-17-13(18)11-10(14)5-4-9(3)12(11)15/h4-5,8,16H,6-7H2,1-3H3,(H,17,18). The molecule has 2 N–H and O–H groups in total. The van der Waals surface area contributed by atoms with Gasteiger partial charge in [-0.15, -0.1) is 0 Å². The lowest BCUT2D eigenvalue weighted by Gasteiger charge is -2.10. The maximum atomic E-state index is 13.6. The molecule has 0 aliphatic carbocycles. The van der Waals surface area contributed by atoms with Crippen LogP contribution in [0.1, 0.15) is 29.8 Å². The van der Waals surface area contributed by atoms with E-state index in [0.717, 1.165) is 6.07 Å². The fourth-order valence-electron chi connectivity index (χ4n) is 1.49. The summed E-state index contributed by atoms with van der Waals surface area (Å²) in [6.07, 6.45) is 0. The number of amides is 1. The molecule has 3 nitrogen and oxygen atoms in total. The lowest BCUT2D eigenvalue weighted by molar-refractivity contribution is 0.0945. The van der Waals surface area contributed by atoms with E-state index in [4.69, 9.17) is 0 Å². The maximum absolute atomic E-state index is 13.6. The van der Waals surface area contributed by atoms with E-state index >= 15 is 0 Å². The molecule has 0 saturated heterocycles. The van der Waals surface area contributed by atoms with E-state index in [1.807, 2.05) is 13.8 Å². The van der Waals surface area contributed by atoms with Crippen LogP contribution in [-0.2, 0) is 0 Å². The van der Waals surface area contributed by atoms with Gasteiger partial charge in [-0.3, -0.25) is 4.79 Å². The third-order valence-corrected chi connectivity index (χ3v) is 2.47. The molecule has 0 aromatic heterocycles. The largest absolute Gasteiger partial charge is 0.351 e. The molecule has 100 valence electrons. The quantitative estimate of drug-likeness (QED) is 0.791. The predicted octanol–water partition coefficient (Wildman–Crippen LogP) is 2.00. The SMILES string of the molecule is Cc1ccc(F)c(C(=O)NCCNC(C)C)c1F. The average Bonchev–Trinajstić information content (AvgIpc) is 2.30. The molecule has 0 heterocycles. The first-order valence-corrected chi connectivity index (χ1v) is 5.89. The number of benzene rings is 1. The molecule has 0 radical (unpaired) electrons. The fraction of sp³-hybridized carbons (Fsp3) is 0.462. The molecule has 0 aliphatic heterocycles. The van der Waals surface area contributed by atoms with E-state index in [0.29, 0.717) is 19.1 Å². The average molecular weight is 256 g/mol. The Balaban J connectivity index is 2.65. The first-order valence-electron chi connectivity index (χ1n) is 5.89. The number of nitrogens with one attached hydrogen (secondary N) is 2. The summed E-state index contributed by atoms with van der Waals surface area (Å²) in [6, 6.07) is 2.70. The summed E-state index contributed by atoms with van der Waals surface area (Å²) in [5.74, 6) is -2.36. The van der Waals surface area contributed by atoms with Crippen molar-refractivity contribution in [1.82, 2.24) is 10.6 Å². The van der Waals surface area contributed by atoms with Crippen molar-refractivity contribution < 1.29 is 13.6 Å². The minimum Gasteiger partial charge on any atom is -0.351 e. The lowest BCUT2D eigenvalue weighted by Crippen LogP contribution is -2.35. The van der Waals surface area contributed by atoms with Crippen LogP contribution < -0.4 is 10.6 Å². The van der Waals surface area contributed by atoms with Crippen LogP contribution in [0.3, 0.4) is 0 Å². The number of aryl methyl sites for hydroxylation is 1. The monoisotopic (exact) mass is 256 g/mol. The molecule has 0 fully saturated rings. The molecule has 0 spiro atoms. The van der Waals surface area contributed by atoms with Crippen LogP contribution in [0.2, 0.25) is 0 Å². The highest BCUT2D eigenvalue weighted by Crippen LogP contribution is 2.15. The number of halogens is 2. The van der Waals surface area contributed by atoms with Crippen LogP contribution in [0, 0.1) is 18.6 Å². The second kappa shape index (κ2) is 6.44. The van der Waals surface area contributed by atoms with Crippen molar-refractivity contribution in [3.05, 3.63) is 34.9 Å². The number of rotatable bonds is 5. The highest BCUT2D eigenvalue weighted by molar-refractivity contribution is 5.94. The van der Waals surface area contributed by atoms with Gasteiger partial charge in [-0.1, -0.05) is 19.9 Å². The Hall–Kier alpha value is -1.49. The van der Waals surface area contributed by atoms with Gasteiger partial charge < -0.3 is 10.6 Å². The van der Waals surface area contributed by atoms with Gasteiger partial charge >= 0.3 is 0 Å². The predicted molar refractivity (Wildman–Crippen MR) is 66.6 cm³/mol. The van der Waals surface area contributed by atoms with E-state index in [9.17, 15) is 13.6 Å². The topological polar surface area (TPSA) is 41.1 Å². The van der Waals surface area contributed by atoms with Gasteiger partial charge in [0.05, 0.1) is 0 Å². The van der Waals surface area contributed by atoms with Crippen LogP contribution in [0.15, 0.2) is 12.1 Å². The Morgan fingerprint density at radius 2 is 1.94 bits per heavy atom. The Bertz CT molecular complexity index is 433. The van der Waals surface area contributed by atoms with Crippen LogP contribution in [0.5, 0.6) is 0 Å². The zero-order chi connectivity index (χ0) is 13.7. The Kier molecular flexibility index (Phi) is 5.22. The van der Waals surface area contributed by atoms with Gasteiger partial charge in [-0.2, -0.15) is 0 Å². The summed E-state index contributed by atoms with van der Waals surface area (Å²) in [6.45, 7) is 6.32. The van der Waals surface area contributed by atoms with Crippen molar-refractivity contribution in [1.29, 1.82) is 0 Å². The van der Waals surface area contributed by atoms with E-state index in [1.54, 1.807) is 0 Å². The molecule has 0 aliphatic rings. The Morgan fingerprint density at radius 3 is 2.56 bits per heavy atom. The van der Waals surface area contributed by atoms with Gasteiger partial charge in [0.2, 0.25) is 0 Å². The molecule has 1 aromatic carbocycles. The second-order valence-electron chi connectivity index (χ2n) is 4.42. The molecule has 1 rings (SSSR count). The lowest BCUT2D eigenvalue weighted by atomic mass is 10.1. The summed E-state index contributed by atoms with van der Waals surface area (Å²) >= 11 is 0. The molecule has 0 bridgehead atoms. The molecular formula is C13H18F2N2O. The molecular weight excluding hydrogens is 238 g/mol. The van der Waals surface area contributed by atoms with Crippen LogP contribution in [0.4, 0.5) is 8.78 Å². The van der Waals surface area contributed by atoms with Crippen molar-refractivity contribution in [2.75, 3.05) is 13.1 Å². The van der Waals surface area contributed by atoms with Crippen molar-refractivity contribution in [2.45, 2.75) is 26.8 Å². The highest BCUT2D eigenvalue weighted by Gasteiger charge is 2.18. The highest BCUT2D eigenvalue weighted by atomic mass is 19.1. The molecule has 5 heteroatoms. The molecule has 0 unspecified atom stereocenters. The van der Waals surface area contributed by atoms with E-state index in [2.05, 4.69) is 10.6 Å². The van der Waals surface area contributed by atoms with Crippen molar-refractivity contribution in [3.63, 3.8) is 0 Å². The first-order chi connectivity index (χ1) is 8.43. The Labute approximate surface area is 106 Å². The van der Waals surface area contributed by atoms with Gasteiger partial charge in [0.25, 0.3) is 5.91 Å². The molecule has 1 amide bonds. The summed E-state index contributed by atoms with van der Waals surface area (Å²) in [5, 5.41) is 5.57. The molecule has 18 heavy (non-hydrogen) atoms. The van der Waals surface area contributed by atoms with Gasteiger partial charge in [0.1, 0.15) is 17.2 Å². The van der Waals surface area contributed by atoms with Gasteiger partial charge in [-0.25, -0.2) is 8.78 Å². The van der Waals surface area contributed by atoms with Gasteiger partial charge in [0.15, 0.2) is 0 Å². The van der Waals surface area contributed by atoms with E-state index < -0.39 is 23.1 Å². The smallest absolute Gasteiger partial charge is 0.257 e. The molecule has 0 saturated carbocycles. The zero-order valence-electron chi connectivity index (χ0n) is 10.8. The molecule has 1 aromatic rings. The van der Waals surface area contributed by atoms with Gasteiger partial charge in [0, 0.05) is 19.1 Å². The number of carbonyl (C=O) groups excluding carboxylic acids is 1. The zero-order valence-corrected chi connectivity index (χ0v) is 10.8. The third kappa shape index (κ3) is 3.77. The summed E-state index contributed by atoms with van der Waals surface area (Å²) < 4.78 is 27.0. The third-order valence-electron chi connectivity index (χ3n) is 2.47. The minimum atomic E-state index is -0.840. The summed E-state index contributed by atoms with van der Waals surface area (Å²) in [4.78, 5) is 11.7. The Morgan fingerprint density at radius 1 is 1.28 bits per heavy atom. The number of carbonyl (C=O) groups is 1. The fourth-order valence-corrected chi connectivity index (χ4v) is 1.49. The van der Waals surface area contributed by atoms with Crippen molar-refractivity contribution in [2.24, 2.45) is 0 Å². The van der Waals surface area contributed by atoms with E-state index in [-0.39, 0.29) is 5.56 Å². The number of hydrogen-bond acceptors (Lipinski definition) is 2. The van der Waals surface area contributed by atoms with Gasteiger partial charge in [-0.05, 0) is 18.6 Å². The summed E-state index contributed by atoms with van der Waals surface area (Å²) in [7, 11) is 0. The normalized spacial score (nSPS) is 10.8. The maximum Gasteiger partial charge on any atom is 0.257 e. The minimum absolute atomic E-state index is 0.252. The summed E-state index contributed by atoms with van der Waals surface area (Å²) in [5.41, 5.74) is -0.263. The van der Waals surface area contributed by atoms with Crippen LogP contribution >= 0.6 is 0 Å². The first kappa shape index (κ1) is 14.6.